The Kier molecular flexibility index (Phi) is 7.10. The van der Waals surface area contributed by atoms with Crippen LogP contribution in [0.4, 0.5) is 10.1 Å². The fourth-order valence-corrected chi connectivity index (χ4v) is 2.82. The number of rotatable bonds is 8. The van der Waals surface area contributed by atoms with Gasteiger partial charge in [-0.2, -0.15) is 0 Å². The summed E-state index contributed by atoms with van der Waals surface area (Å²) in [6.07, 6.45) is 3.89. The number of nitrogens with one attached hydrogen (secondary N) is 2. The standard InChI is InChI=1S/C23H22FN3O3/c1-30-21-8-4-16(14-20(21)24)5-9-22(28)26-15-17-2-6-18(7-3-17)23(29)27-19-10-12-25-13-11-19/h2-4,6-8,10-14H,5,9,15H2,1H3,(H,26,28)(H,25,27,29). The van der Waals surface area contributed by atoms with E-state index in [2.05, 4.69) is 15.6 Å². The summed E-state index contributed by atoms with van der Waals surface area (Å²) in [5, 5.41) is 5.62. The fourth-order valence-electron chi connectivity index (χ4n) is 2.82. The van der Waals surface area contributed by atoms with Crippen LogP contribution in [0.5, 0.6) is 5.75 Å². The number of carbonyl (C=O) groups is 2. The van der Waals surface area contributed by atoms with Crippen LogP contribution < -0.4 is 15.4 Å². The zero-order chi connectivity index (χ0) is 21.3. The third kappa shape index (κ3) is 5.88. The number of aryl methyl sites for hydroxylation is 1. The van der Waals surface area contributed by atoms with Gasteiger partial charge in [0.15, 0.2) is 11.6 Å². The predicted molar refractivity (Wildman–Crippen MR) is 112 cm³/mol. The van der Waals surface area contributed by atoms with Gasteiger partial charge in [0.05, 0.1) is 7.11 Å². The number of ether oxygens (including phenoxy) is 1. The van der Waals surface area contributed by atoms with Gasteiger partial charge in [0.25, 0.3) is 5.91 Å². The van der Waals surface area contributed by atoms with Crippen molar-refractivity contribution in [2.45, 2.75) is 19.4 Å². The van der Waals surface area contributed by atoms with E-state index in [0.717, 1.165) is 11.1 Å². The molecule has 0 radical (unpaired) electrons. The Balaban J connectivity index is 1.45. The van der Waals surface area contributed by atoms with Crippen LogP contribution in [0.2, 0.25) is 0 Å². The van der Waals surface area contributed by atoms with Crippen molar-refractivity contribution < 1.29 is 18.7 Å². The van der Waals surface area contributed by atoms with Crippen molar-refractivity contribution in [2.75, 3.05) is 12.4 Å². The Hall–Kier alpha value is -3.74. The largest absolute Gasteiger partial charge is 0.494 e. The highest BCUT2D eigenvalue weighted by molar-refractivity contribution is 6.04. The zero-order valence-corrected chi connectivity index (χ0v) is 16.5. The summed E-state index contributed by atoms with van der Waals surface area (Å²) in [7, 11) is 1.41. The number of amides is 2. The highest BCUT2D eigenvalue weighted by Gasteiger charge is 2.08. The van der Waals surface area contributed by atoms with E-state index in [4.69, 9.17) is 4.74 Å². The molecule has 1 heterocycles. The molecule has 0 aliphatic carbocycles. The number of carbonyl (C=O) groups excluding carboxylic acids is 2. The average molecular weight is 407 g/mol. The first-order valence-corrected chi connectivity index (χ1v) is 9.44. The number of methoxy groups -OCH3 is 1. The SMILES string of the molecule is COc1ccc(CCC(=O)NCc2ccc(C(=O)Nc3ccncc3)cc2)cc1F. The first-order chi connectivity index (χ1) is 14.5. The van der Waals surface area contributed by atoms with Crippen LogP contribution in [0.1, 0.15) is 27.9 Å². The summed E-state index contributed by atoms with van der Waals surface area (Å²) in [4.78, 5) is 28.2. The quantitative estimate of drug-likeness (QED) is 0.596. The van der Waals surface area contributed by atoms with Crippen LogP contribution in [0.3, 0.4) is 0 Å². The molecule has 0 unspecified atom stereocenters. The van der Waals surface area contributed by atoms with Gasteiger partial charge in [-0.15, -0.1) is 0 Å². The predicted octanol–water partition coefficient (Wildman–Crippen LogP) is 3.73. The maximum Gasteiger partial charge on any atom is 0.255 e. The van der Waals surface area contributed by atoms with E-state index in [1.165, 1.54) is 13.2 Å². The van der Waals surface area contributed by atoms with Gasteiger partial charge in [-0.1, -0.05) is 18.2 Å². The third-order valence-electron chi connectivity index (χ3n) is 4.50. The molecule has 0 saturated heterocycles. The van der Waals surface area contributed by atoms with Crippen LogP contribution in [-0.2, 0) is 17.8 Å². The highest BCUT2D eigenvalue weighted by Crippen LogP contribution is 2.18. The number of hydrogen-bond acceptors (Lipinski definition) is 4. The molecule has 3 rings (SSSR count). The van der Waals surface area contributed by atoms with E-state index in [0.29, 0.717) is 24.2 Å². The lowest BCUT2D eigenvalue weighted by atomic mass is 10.1. The molecule has 0 atom stereocenters. The van der Waals surface area contributed by atoms with Crippen molar-refractivity contribution in [1.29, 1.82) is 0 Å². The number of hydrogen-bond donors (Lipinski definition) is 2. The van der Waals surface area contributed by atoms with Crippen molar-refractivity contribution in [3.05, 3.63) is 89.5 Å². The fraction of sp³-hybridized carbons (Fsp3) is 0.174. The molecule has 0 saturated carbocycles. The molecule has 0 fully saturated rings. The lowest BCUT2D eigenvalue weighted by Gasteiger charge is -2.08. The van der Waals surface area contributed by atoms with E-state index in [9.17, 15) is 14.0 Å². The van der Waals surface area contributed by atoms with Gasteiger partial charge in [0, 0.05) is 36.6 Å². The highest BCUT2D eigenvalue weighted by atomic mass is 19.1. The monoisotopic (exact) mass is 407 g/mol. The molecule has 3 aromatic rings. The minimum absolute atomic E-state index is 0.134. The van der Waals surface area contributed by atoms with Crippen LogP contribution in [0.15, 0.2) is 67.0 Å². The first kappa shape index (κ1) is 21.0. The summed E-state index contributed by atoms with van der Waals surface area (Å²) < 4.78 is 18.6. The van der Waals surface area contributed by atoms with Gasteiger partial charge in [-0.25, -0.2) is 4.39 Å². The maximum atomic E-state index is 13.7. The number of nitrogens with zero attached hydrogens (tertiary/aromatic N) is 1. The van der Waals surface area contributed by atoms with Crippen molar-refractivity contribution in [1.82, 2.24) is 10.3 Å². The molecule has 154 valence electrons. The van der Waals surface area contributed by atoms with Gasteiger partial charge in [0.2, 0.25) is 5.91 Å². The van der Waals surface area contributed by atoms with Crippen LogP contribution in [0.25, 0.3) is 0 Å². The molecule has 6 nitrogen and oxygen atoms in total. The smallest absolute Gasteiger partial charge is 0.255 e. The molecule has 1 aromatic heterocycles. The van der Waals surface area contributed by atoms with Crippen LogP contribution in [0, 0.1) is 5.82 Å². The minimum atomic E-state index is -0.441. The number of pyridine rings is 1. The Bertz CT molecular complexity index is 1010. The van der Waals surface area contributed by atoms with E-state index < -0.39 is 5.82 Å². The van der Waals surface area contributed by atoms with Gasteiger partial charge in [0.1, 0.15) is 0 Å². The van der Waals surface area contributed by atoms with E-state index in [-0.39, 0.29) is 24.0 Å². The van der Waals surface area contributed by atoms with E-state index in [1.54, 1.807) is 60.9 Å². The van der Waals surface area contributed by atoms with Crippen molar-refractivity contribution in [3.8, 4) is 5.75 Å². The minimum Gasteiger partial charge on any atom is -0.494 e. The number of benzene rings is 2. The van der Waals surface area contributed by atoms with Gasteiger partial charge < -0.3 is 15.4 Å². The summed E-state index contributed by atoms with van der Waals surface area (Å²) in [6.45, 7) is 0.349. The summed E-state index contributed by atoms with van der Waals surface area (Å²) >= 11 is 0. The topological polar surface area (TPSA) is 80.3 Å². The van der Waals surface area contributed by atoms with Gasteiger partial charge >= 0.3 is 0 Å². The summed E-state index contributed by atoms with van der Waals surface area (Å²) in [5.41, 5.74) is 2.79. The van der Waals surface area contributed by atoms with E-state index >= 15 is 0 Å². The second-order valence-corrected chi connectivity index (χ2v) is 6.63. The molecule has 0 bridgehead atoms. The molecule has 7 heteroatoms. The van der Waals surface area contributed by atoms with Crippen molar-refractivity contribution in [2.24, 2.45) is 0 Å². The van der Waals surface area contributed by atoms with Crippen LogP contribution in [-0.4, -0.2) is 23.9 Å². The zero-order valence-electron chi connectivity index (χ0n) is 16.5. The Labute approximate surface area is 174 Å². The Morgan fingerprint density at radius 1 is 1.00 bits per heavy atom. The number of halogens is 1. The van der Waals surface area contributed by atoms with Crippen molar-refractivity contribution in [3.63, 3.8) is 0 Å². The first-order valence-electron chi connectivity index (χ1n) is 9.44. The second-order valence-electron chi connectivity index (χ2n) is 6.63. The van der Waals surface area contributed by atoms with Gasteiger partial charge in [-0.05, 0) is 53.9 Å². The lowest BCUT2D eigenvalue weighted by Crippen LogP contribution is -2.23. The normalized spacial score (nSPS) is 10.3. The molecule has 30 heavy (non-hydrogen) atoms. The second kappa shape index (κ2) is 10.2. The molecule has 2 amide bonds. The Morgan fingerprint density at radius 3 is 2.37 bits per heavy atom. The molecule has 0 aliphatic heterocycles. The summed E-state index contributed by atoms with van der Waals surface area (Å²) in [5.74, 6) is -0.612. The third-order valence-corrected chi connectivity index (χ3v) is 4.50. The molecule has 0 spiro atoms. The number of aromatic nitrogens is 1. The van der Waals surface area contributed by atoms with Crippen molar-refractivity contribution >= 4 is 17.5 Å². The molecule has 2 aromatic carbocycles. The molecule has 2 N–H and O–H groups in total. The van der Waals surface area contributed by atoms with E-state index in [1.807, 2.05) is 0 Å². The molecule has 0 aliphatic rings. The maximum absolute atomic E-state index is 13.7. The Morgan fingerprint density at radius 2 is 1.70 bits per heavy atom. The molecular formula is C23H22FN3O3. The average Bonchev–Trinajstić information content (AvgIpc) is 2.77. The molecular weight excluding hydrogens is 385 g/mol. The lowest BCUT2D eigenvalue weighted by molar-refractivity contribution is -0.121. The van der Waals surface area contributed by atoms with Gasteiger partial charge in [-0.3, -0.25) is 14.6 Å². The number of anilines is 1. The summed E-state index contributed by atoms with van der Waals surface area (Å²) in [6, 6.07) is 15.1. The van der Waals surface area contributed by atoms with Crippen LogP contribution >= 0.6 is 0 Å².